The minimum Gasteiger partial charge on any atom is -0.476 e. The molecule has 0 radical (unpaired) electrons. The molecule has 0 spiro atoms. The lowest BCUT2D eigenvalue weighted by Gasteiger charge is -2.03. The average Bonchev–Trinajstić information content (AvgIpc) is 2.64. The van der Waals surface area contributed by atoms with Gasteiger partial charge in [-0.15, -0.1) is 0 Å². The van der Waals surface area contributed by atoms with Gasteiger partial charge < -0.3 is 10.1 Å². The van der Waals surface area contributed by atoms with E-state index in [1.165, 1.54) is 0 Å². The number of nitrogens with one attached hydrogen (secondary N) is 1. The smallest absolute Gasteiger partial charge is 0.356 e. The third-order valence-corrected chi connectivity index (χ3v) is 2.74. The van der Waals surface area contributed by atoms with Gasteiger partial charge in [-0.05, 0) is 32.4 Å². The van der Waals surface area contributed by atoms with Crippen LogP contribution in [0.4, 0.5) is 0 Å². The van der Waals surface area contributed by atoms with Crippen LogP contribution in [0.15, 0.2) is 18.2 Å². The third-order valence-electron chi connectivity index (χ3n) is 2.74. The summed E-state index contributed by atoms with van der Waals surface area (Å²) < 4.78 is 0. The molecule has 1 aromatic heterocycles. The van der Waals surface area contributed by atoms with Crippen LogP contribution in [0.25, 0.3) is 11.4 Å². The van der Waals surface area contributed by atoms with Gasteiger partial charge in [0, 0.05) is 11.3 Å². The van der Waals surface area contributed by atoms with E-state index in [0.29, 0.717) is 11.5 Å². The van der Waals surface area contributed by atoms with Crippen LogP contribution in [0, 0.1) is 20.8 Å². The molecule has 0 saturated heterocycles. The van der Waals surface area contributed by atoms with Gasteiger partial charge in [0.25, 0.3) is 0 Å². The molecule has 1 heterocycles. The Morgan fingerprint density at radius 3 is 2.59 bits per heavy atom. The Balaban J connectivity index is 2.57. The van der Waals surface area contributed by atoms with Gasteiger partial charge in [0.2, 0.25) is 0 Å². The first-order chi connectivity index (χ1) is 7.99. The fourth-order valence-electron chi connectivity index (χ4n) is 1.79. The fraction of sp³-hybridized carbons (Fsp3) is 0.231. The van der Waals surface area contributed by atoms with Crippen LogP contribution in [0.3, 0.4) is 0 Å². The van der Waals surface area contributed by atoms with Gasteiger partial charge >= 0.3 is 5.97 Å². The van der Waals surface area contributed by atoms with Crippen molar-refractivity contribution in [3.8, 4) is 11.4 Å². The van der Waals surface area contributed by atoms with Gasteiger partial charge in [-0.1, -0.05) is 17.7 Å². The number of nitrogens with zero attached hydrogens (tertiary/aromatic N) is 1. The normalized spacial score (nSPS) is 10.5. The monoisotopic (exact) mass is 230 g/mol. The summed E-state index contributed by atoms with van der Waals surface area (Å²) in [5, 5.41) is 8.97. The van der Waals surface area contributed by atoms with E-state index in [1.807, 2.05) is 32.0 Å². The molecule has 4 nitrogen and oxygen atoms in total. The number of aryl methyl sites for hydroxylation is 3. The predicted octanol–water partition coefficient (Wildman–Crippen LogP) is 2.70. The van der Waals surface area contributed by atoms with Crippen LogP contribution < -0.4 is 0 Å². The minimum atomic E-state index is -1.00. The fourth-order valence-corrected chi connectivity index (χ4v) is 1.79. The van der Waals surface area contributed by atoms with Crippen molar-refractivity contribution < 1.29 is 9.90 Å². The third kappa shape index (κ3) is 2.06. The Hall–Kier alpha value is -2.10. The summed E-state index contributed by atoms with van der Waals surface area (Å²) in [6.45, 7) is 5.69. The van der Waals surface area contributed by atoms with Crippen molar-refractivity contribution in [3.05, 3.63) is 40.7 Å². The highest BCUT2D eigenvalue weighted by atomic mass is 16.4. The molecule has 0 aliphatic heterocycles. The molecule has 0 saturated carbocycles. The molecule has 0 atom stereocenters. The maximum absolute atomic E-state index is 10.9. The first-order valence-electron chi connectivity index (χ1n) is 5.36. The zero-order valence-electron chi connectivity index (χ0n) is 10.0. The largest absolute Gasteiger partial charge is 0.476 e. The maximum Gasteiger partial charge on any atom is 0.356 e. The molecular formula is C13H14N2O2. The standard InChI is InChI=1S/C13H14N2O2/c1-7-4-5-8(2)10(6-7)12-14-9(3)11(15-12)13(16)17/h4-6H,1-3H3,(H,14,15)(H,16,17). The van der Waals surface area contributed by atoms with E-state index >= 15 is 0 Å². The van der Waals surface area contributed by atoms with Crippen molar-refractivity contribution in [2.24, 2.45) is 0 Å². The van der Waals surface area contributed by atoms with E-state index in [0.717, 1.165) is 16.7 Å². The number of hydrogen-bond donors (Lipinski definition) is 2. The predicted molar refractivity (Wildman–Crippen MR) is 65.2 cm³/mol. The van der Waals surface area contributed by atoms with Crippen LogP contribution >= 0.6 is 0 Å². The van der Waals surface area contributed by atoms with Crippen LogP contribution in [0.5, 0.6) is 0 Å². The lowest BCUT2D eigenvalue weighted by molar-refractivity contribution is 0.0690. The van der Waals surface area contributed by atoms with Gasteiger partial charge in [-0.25, -0.2) is 9.78 Å². The zero-order chi connectivity index (χ0) is 12.6. The van der Waals surface area contributed by atoms with Crippen LogP contribution in [-0.2, 0) is 0 Å². The Bertz CT molecular complexity index is 585. The highest BCUT2D eigenvalue weighted by Gasteiger charge is 2.15. The topological polar surface area (TPSA) is 66.0 Å². The van der Waals surface area contributed by atoms with E-state index in [-0.39, 0.29) is 5.69 Å². The summed E-state index contributed by atoms with van der Waals surface area (Å²) in [5.41, 5.74) is 3.80. The molecule has 17 heavy (non-hydrogen) atoms. The van der Waals surface area contributed by atoms with Gasteiger partial charge in [-0.2, -0.15) is 0 Å². The summed E-state index contributed by atoms with van der Waals surface area (Å²) in [6.07, 6.45) is 0. The number of carboxylic acid groups (broad SMARTS) is 1. The van der Waals surface area contributed by atoms with E-state index in [4.69, 9.17) is 5.11 Å². The van der Waals surface area contributed by atoms with E-state index in [9.17, 15) is 4.79 Å². The van der Waals surface area contributed by atoms with E-state index in [2.05, 4.69) is 9.97 Å². The average molecular weight is 230 g/mol. The number of carbonyl (C=O) groups is 1. The first-order valence-corrected chi connectivity index (χ1v) is 5.36. The molecule has 2 rings (SSSR count). The van der Waals surface area contributed by atoms with E-state index in [1.54, 1.807) is 6.92 Å². The summed E-state index contributed by atoms with van der Waals surface area (Å²) in [4.78, 5) is 18.1. The molecule has 1 aromatic carbocycles. The van der Waals surface area contributed by atoms with Crippen molar-refractivity contribution in [2.75, 3.05) is 0 Å². The molecular weight excluding hydrogens is 216 g/mol. The molecule has 0 fully saturated rings. The number of rotatable bonds is 2. The molecule has 88 valence electrons. The van der Waals surface area contributed by atoms with Gasteiger partial charge in [0.15, 0.2) is 5.69 Å². The van der Waals surface area contributed by atoms with Crippen LogP contribution in [-0.4, -0.2) is 21.0 Å². The van der Waals surface area contributed by atoms with Crippen LogP contribution in [0.2, 0.25) is 0 Å². The van der Waals surface area contributed by atoms with Gasteiger partial charge in [0.05, 0.1) is 0 Å². The second-order valence-corrected chi connectivity index (χ2v) is 4.18. The Morgan fingerprint density at radius 1 is 1.29 bits per heavy atom. The molecule has 2 aromatic rings. The Kier molecular flexibility index (Phi) is 2.71. The Labute approximate surface area is 99.3 Å². The zero-order valence-corrected chi connectivity index (χ0v) is 10.0. The molecule has 0 unspecified atom stereocenters. The SMILES string of the molecule is Cc1ccc(C)c(-c2nc(C(=O)O)c(C)[nH]2)c1. The number of H-pyrrole nitrogens is 1. The van der Waals surface area contributed by atoms with Gasteiger partial charge in [0.1, 0.15) is 5.82 Å². The molecule has 0 aliphatic carbocycles. The quantitative estimate of drug-likeness (QED) is 0.833. The number of aromatic carboxylic acids is 1. The van der Waals surface area contributed by atoms with Crippen molar-refractivity contribution in [2.45, 2.75) is 20.8 Å². The molecule has 0 amide bonds. The molecule has 0 bridgehead atoms. The highest BCUT2D eigenvalue weighted by Crippen LogP contribution is 2.23. The van der Waals surface area contributed by atoms with Crippen molar-refractivity contribution >= 4 is 5.97 Å². The van der Waals surface area contributed by atoms with Crippen LogP contribution in [0.1, 0.15) is 27.3 Å². The summed E-state index contributed by atoms with van der Waals surface area (Å²) in [5.74, 6) is -0.392. The van der Waals surface area contributed by atoms with E-state index < -0.39 is 5.97 Å². The second kappa shape index (κ2) is 4.05. The van der Waals surface area contributed by atoms with Gasteiger partial charge in [-0.3, -0.25) is 0 Å². The number of aromatic nitrogens is 2. The lowest BCUT2D eigenvalue weighted by atomic mass is 10.1. The molecule has 2 N–H and O–H groups in total. The first kappa shape index (κ1) is 11.4. The Morgan fingerprint density at radius 2 is 2.00 bits per heavy atom. The highest BCUT2D eigenvalue weighted by molar-refractivity contribution is 5.87. The lowest BCUT2D eigenvalue weighted by Crippen LogP contribution is -1.98. The van der Waals surface area contributed by atoms with Crippen molar-refractivity contribution in [3.63, 3.8) is 0 Å². The maximum atomic E-state index is 10.9. The van der Waals surface area contributed by atoms with Crippen molar-refractivity contribution in [1.82, 2.24) is 9.97 Å². The number of imidazole rings is 1. The molecule has 0 aliphatic rings. The number of benzene rings is 1. The number of carboxylic acids is 1. The minimum absolute atomic E-state index is 0.0842. The second-order valence-electron chi connectivity index (χ2n) is 4.18. The summed E-state index contributed by atoms with van der Waals surface area (Å²) in [7, 11) is 0. The summed E-state index contributed by atoms with van der Waals surface area (Å²) >= 11 is 0. The number of hydrogen-bond acceptors (Lipinski definition) is 2. The summed E-state index contributed by atoms with van der Waals surface area (Å²) in [6, 6.07) is 6.02. The van der Waals surface area contributed by atoms with Crippen molar-refractivity contribution in [1.29, 1.82) is 0 Å². The molecule has 4 heteroatoms. The number of aromatic amines is 1.